The summed E-state index contributed by atoms with van der Waals surface area (Å²) < 4.78 is 0. The zero-order chi connectivity index (χ0) is 30.0. The molecule has 2 aliphatic rings. The number of primary amides is 2. The van der Waals surface area contributed by atoms with E-state index in [2.05, 4.69) is 29.5 Å². The summed E-state index contributed by atoms with van der Waals surface area (Å²) in [5.41, 5.74) is 14.5. The molecule has 9 nitrogen and oxygen atoms in total. The lowest BCUT2D eigenvalue weighted by Gasteiger charge is -2.21. The predicted octanol–water partition coefficient (Wildman–Crippen LogP) is 5.72. The van der Waals surface area contributed by atoms with Crippen LogP contribution in [0.25, 0.3) is 0 Å². The Kier molecular flexibility index (Phi) is 9.08. The molecule has 0 bridgehead atoms. The number of nitrogens with one attached hydrogen (secondary N) is 2. The van der Waals surface area contributed by atoms with E-state index >= 15 is 0 Å². The Labute approximate surface area is 253 Å². The minimum absolute atomic E-state index is 0.101. The summed E-state index contributed by atoms with van der Waals surface area (Å²) in [4.78, 5) is 57.2. The fourth-order valence-corrected chi connectivity index (χ4v) is 9.04. The van der Waals surface area contributed by atoms with Gasteiger partial charge in [-0.25, -0.2) is 0 Å². The van der Waals surface area contributed by atoms with E-state index in [1.54, 1.807) is 0 Å². The van der Waals surface area contributed by atoms with E-state index in [4.69, 9.17) is 11.5 Å². The molecule has 5 rings (SSSR count). The fraction of sp³-hybridized carbons (Fsp3) is 0.452. The molecule has 4 amide bonds. The first-order valence-electron chi connectivity index (χ1n) is 14.7. The fourth-order valence-electron chi connectivity index (χ4n) is 6.32. The third-order valence-corrected chi connectivity index (χ3v) is 10.7. The number of hydrogen-bond donors (Lipinski definition) is 4. The maximum absolute atomic E-state index is 13.1. The van der Waals surface area contributed by atoms with Gasteiger partial charge in [0.05, 0.1) is 16.7 Å². The number of carbonyl (C=O) groups excluding carboxylic acids is 4. The van der Waals surface area contributed by atoms with Gasteiger partial charge in [-0.15, -0.1) is 22.7 Å². The molecule has 0 radical (unpaired) electrons. The lowest BCUT2D eigenvalue weighted by atomic mass is 9.84. The molecular weight excluding hydrogens is 571 g/mol. The Bertz CT molecular complexity index is 1410. The number of rotatable bonds is 10. The molecule has 2 aliphatic carbocycles. The molecule has 0 fully saturated rings. The molecule has 11 heteroatoms. The van der Waals surface area contributed by atoms with Gasteiger partial charge >= 0.3 is 0 Å². The van der Waals surface area contributed by atoms with Gasteiger partial charge in [-0.3, -0.25) is 24.2 Å². The van der Waals surface area contributed by atoms with Crippen LogP contribution in [0.2, 0.25) is 0 Å². The van der Waals surface area contributed by atoms with Crippen molar-refractivity contribution in [3.63, 3.8) is 0 Å². The van der Waals surface area contributed by atoms with Gasteiger partial charge in [0.2, 0.25) is 0 Å². The lowest BCUT2D eigenvalue weighted by molar-refractivity contribution is 0.0988. The van der Waals surface area contributed by atoms with E-state index < -0.39 is 23.6 Å². The maximum atomic E-state index is 13.1. The van der Waals surface area contributed by atoms with Gasteiger partial charge in [0.25, 0.3) is 23.6 Å². The number of nitrogens with zero attached hydrogens (tertiary/aromatic N) is 1. The van der Waals surface area contributed by atoms with Crippen LogP contribution in [-0.2, 0) is 25.7 Å². The molecule has 6 N–H and O–H groups in total. The van der Waals surface area contributed by atoms with Gasteiger partial charge < -0.3 is 22.1 Å². The van der Waals surface area contributed by atoms with E-state index in [-0.39, 0.29) is 11.3 Å². The first kappa shape index (κ1) is 29.9. The van der Waals surface area contributed by atoms with Crippen molar-refractivity contribution in [1.82, 2.24) is 4.98 Å². The number of hydrogen-bond acceptors (Lipinski definition) is 7. The topological polar surface area (TPSA) is 157 Å². The van der Waals surface area contributed by atoms with Crippen molar-refractivity contribution in [2.45, 2.75) is 78.1 Å². The van der Waals surface area contributed by atoms with Crippen LogP contribution in [-0.4, -0.2) is 28.6 Å². The van der Waals surface area contributed by atoms with Gasteiger partial charge in [0.15, 0.2) is 0 Å². The van der Waals surface area contributed by atoms with Crippen LogP contribution in [0.15, 0.2) is 18.3 Å². The SMILES string of the molecule is CCCC1CCc2c(sc(NC(=O)c3ccc(C(=O)Nc4sc5c(c4C(N)=O)CCC(CCC)C5)nc3)c2C(N)=O)C1. The Morgan fingerprint density at radius 2 is 1.31 bits per heavy atom. The molecule has 2 unspecified atom stereocenters. The molecule has 3 aromatic heterocycles. The molecule has 222 valence electrons. The molecule has 0 saturated heterocycles. The number of pyridine rings is 1. The van der Waals surface area contributed by atoms with E-state index in [0.717, 1.165) is 85.1 Å². The zero-order valence-corrected chi connectivity index (χ0v) is 25.6. The van der Waals surface area contributed by atoms with E-state index in [9.17, 15) is 19.2 Å². The Balaban J connectivity index is 1.29. The first-order valence-corrected chi connectivity index (χ1v) is 16.3. The van der Waals surface area contributed by atoms with Crippen LogP contribution < -0.4 is 22.1 Å². The van der Waals surface area contributed by atoms with Crippen LogP contribution in [0.4, 0.5) is 10.0 Å². The zero-order valence-electron chi connectivity index (χ0n) is 24.0. The Morgan fingerprint density at radius 3 is 1.74 bits per heavy atom. The third kappa shape index (κ3) is 6.12. The number of fused-ring (bicyclic) bond motifs is 2. The van der Waals surface area contributed by atoms with Gasteiger partial charge in [-0.05, 0) is 73.6 Å². The highest BCUT2D eigenvalue weighted by Crippen LogP contribution is 2.42. The quantitative estimate of drug-likeness (QED) is 0.232. The predicted molar refractivity (Wildman–Crippen MR) is 167 cm³/mol. The summed E-state index contributed by atoms with van der Waals surface area (Å²) >= 11 is 2.82. The summed E-state index contributed by atoms with van der Waals surface area (Å²) in [5.74, 6) is -0.884. The maximum Gasteiger partial charge on any atom is 0.274 e. The average Bonchev–Trinajstić information content (AvgIpc) is 3.50. The van der Waals surface area contributed by atoms with Crippen LogP contribution in [0, 0.1) is 11.8 Å². The van der Waals surface area contributed by atoms with Crippen molar-refractivity contribution < 1.29 is 19.2 Å². The molecular formula is C31H37N5O4S2. The molecule has 2 atom stereocenters. The van der Waals surface area contributed by atoms with Crippen LogP contribution in [0.5, 0.6) is 0 Å². The molecule has 3 heterocycles. The number of nitrogens with two attached hydrogens (primary N) is 2. The van der Waals surface area contributed by atoms with Crippen LogP contribution in [0.1, 0.15) is 115 Å². The van der Waals surface area contributed by atoms with Crippen molar-refractivity contribution in [3.8, 4) is 0 Å². The molecule has 3 aromatic rings. The van der Waals surface area contributed by atoms with Gasteiger partial charge in [0, 0.05) is 16.0 Å². The molecule has 0 saturated carbocycles. The minimum atomic E-state index is -0.553. The Hall–Kier alpha value is -3.57. The highest BCUT2D eigenvalue weighted by molar-refractivity contribution is 7.17. The number of thiophene rings is 2. The van der Waals surface area contributed by atoms with Gasteiger partial charge in [-0.2, -0.15) is 0 Å². The lowest BCUT2D eigenvalue weighted by Crippen LogP contribution is -2.21. The summed E-state index contributed by atoms with van der Waals surface area (Å²) in [6, 6.07) is 2.97. The first-order chi connectivity index (χ1) is 20.2. The standard InChI is InChI=1S/C31H37N5O4S2/c1-3-5-16-7-10-19-22(13-16)41-30(24(19)26(32)37)35-28(39)18-9-12-21(34-15-18)29(40)36-31-25(27(33)38)20-11-8-17(6-4-2)14-23(20)42-31/h9,12,15-17H,3-8,10-11,13-14H2,1-2H3,(H2,32,37)(H2,33,38)(H,35,39)(H,36,40). The Morgan fingerprint density at radius 1 is 0.810 bits per heavy atom. The summed E-state index contributed by atoms with van der Waals surface area (Å²) in [5, 5.41) is 6.58. The largest absolute Gasteiger partial charge is 0.365 e. The van der Waals surface area contributed by atoms with E-state index in [0.29, 0.717) is 33.0 Å². The normalized spacial score (nSPS) is 17.7. The summed E-state index contributed by atoms with van der Waals surface area (Å²) in [6.45, 7) is 4.34. The van der Waals surface area contributed by atoms with Crippen LogP contribution >= 0.6 is 22.7 Å². The molecule has 0 aliphatic heterocycles. The highest BCUT2D eigenvalue weighted by Gasteiger charge is 2.30. The number of anilines is 2. The second-order valence-electron chi connectivity index (χ2n) is 11.3. The van der Waals surface area contributed by atoms with Gasteiger partial charge in [0.1, 0.15) is 15.7 Å². The van der Waals surface area contributed by atoms with E-state index in [1.807, 2.05) is 0 Å². The summed E-state index contributed by atoms with van der Waals surface area (Å²) in [7, 11) is 0. The molecule has 0 aromatic carbocycles. The number of carbonyl (C=O) groups is 4. The van der Waals surface area contributed by atoms with Gasteiger partial charge in [-0.1, -0.05) is 39.5 Å². The van der Waals surface area contributed by atoms with Crippen LogP contribution in [0.3, 0.4) is 0 Å². The van der Waals surface area contributed by atoms with E-state index in [1.165, 1.54) is 41.0 Å². The summed E-state index contributed by atoms with van der Waals surface area (Å²) in [6.07, 6.45) is 11.1. The van der Waals surface area contributed by atoms with Crippen molar-refractivity contribution in [2.24, 2.45) is 23.3 Å². The van der Waals surface area contributed by atoms with Crippen molar-refractivity contribution in [2.75, 3.05) is 10.6 Å². The second kappa shape index (κ2) is 12.7. The third-order valence-electron chi connectivity index (χ3n) is 8.33. The second-order valence-corrected chi connectivity index (χ2v) is 13.5. The van der Waals surface area contributed by atoms with Crippen molar-refractivity contribution in [3.05, 3.63) is 61.6 Å². The smallest absolute Gasteiger partial charge is 0.274 e. The average molecular weight is 608 g/mol. The monoisotopic (exact) mass is 607 g/mol. The molecule has 0 spiro atoms. The molecule has 42 heavy (non-hydrogen) atoms. The van der Waals surface area contributed by atoms with Crippen molar-refractivity contribution in [1.29, 1.82) is 0 Å². The number of aromatic nitrogens is 1. The number of amides is 4. The van der Waals surface area contributed by atoms with Crippen molar-refractivity contribution >= 4 is 56.3 Å². The highest BCUT2D eigenvalue weighted by atomic mass is 32.1. The minimum Gasteiger partial charge on any atom is -0.365 e.